The third-order valence-electron chi connectivity index (χ3n) is 1.70. The minimum atomic E-state index is -0.519. The Kier molecular flexibility index (Phi) is 4.31. The summed E-state index contributed by atoms with van der Waals surface area (Å²) < 4.78 is 15.4. The third-order valence-corrected chi connectivity index (χ3v) is 1.70. The summed E-state index contributed by atoms with van der Waals surface area (Å²) >= 11 is 0. The second-order valence-corrected chi connectivity index (χ2v) is 4.39. The maximum atomic E-state index is 11.4. The SMILES string of the molecule is COc1cccnc1OCC(=O)OC(C)(C)C. The molecule has 0 aliphatic rings. The van der Waals surface area contributed by atoms with Crippen molar-refractivity contribution in [3.8, 4) is 11.6 Å². The summed E-state index contributed by atoms with van der Waals surface area (Å²) in [6, 6.07) is 3.43. The number of hydrogen-bond donors (Lipinski definition) is 0. The van der Waals surface area contributed by atoms with Gasteiger partial charge < -0.3 is 14.2 Å². The Morgan fingerprint density at radius 3 is 2.71 bits per heavy atom. The van der Waals surface area contributed by atoms with Gasteiger partial charge in [0, 0.05) is 6.20 Å². The van der Waals surface area contributed by atoms with Crippen LogP contribution in [0.4, 0.5) is 0 Å². The number of rotatable bonds is 4. The van der Waals surface area contributed by atoms with Crippen molar-refractivity contribution < 1.29 is 19.0 Å². The van der Waals surface area contributed by atoms with Gasteiger partial charge in [-0.05, 0) is 32.9 Å². The van der Waals surface area contributed by atoms with Crippen LogP contribution in [0.15, 0.2) is 18.3 Å². The highest BCUT2D eigenvalue weighted by atomic mass is 16.6. The third kappa shape index (κ3) is 4.72. The molecule has 0 aliphatic carbocycles. The van der Waals surface area contributed by atoms with Crippen molar-refractivity contribution in [2.45, 2.75) is 26.4 Å². The lowest BCUT2D eigenvalue weighted by Crippen LogP contribution is -2.27. The zero-order valence-corrected chi connectivity index (χ0v) is 10.5. The monoisotopic (exact) mass is 239 g/mol. The van der Waals surface area contributed by atoms with Crippen LogP contribution in [0.5, 0.6) is 11.6 Å². The average Bonchev–Trinajstić information content (AvgIpc) is 2.24. The Morgan fingerprint density at radius 2 is 2.12 bits per heavy atom. The Hall–Kier alpha value is -1.78. The fourth-order valence-corrected chi connectivity index (χ4v) is 1.14. The maximum Gasteiger partial charge on any atom is 0.344 e. The van der Waals surface area contributed by atoms with E-state index in [4.69, 9.17) is 14.2 Å². The highest BCUT2D eigenvalue weighted by Crippen LogP contribution is 2.22. The van der Waals surface area contributed by atoms with Gasteiger partial charge in [-0.15, -0.1) is 0 Å². The Morgan fingerprint density at radius 1 is 1.41 bits per heavy atom. The van der Waals surface area contributed by atoms with Gasteiger partial charge in [0.05, 0.1) is 7.11 Å². The van der Waals surface area contributed by atoms with Gasteiger partial charge >= 0.3 is 5.97 Å². The van der Waals surface area contributed by atoms with Crippen LogP contribution in [-0.2, 0) is 9.53 Å². The lowest BCUT2D eigenvalue weighted by atomic mass is 10.2. The van der Waals surface area contributed by atoms with E-state index < -0.39 is 11.6 Å². The van der Waals surface area contributed by atoms with Crippen molar-refractivity contribution in [3.63, 3.8) is 0 Å². The number of aromatic nitrogens is 1. The van der Waals surface area contributed by atoms with E-state index in [1.54, 1.807) is 39.1 Å². The molecule has 0 spiro atoms. The van der Waals surface area contributed by atoms with Crippen molar-refractivity contribution >= 4 is 5.97 Å². The molecular formula is C12H17NO4. The smallest absolute Gasteiger partial charge is 0.344 e. The summed E-state index contributed by atoms with van der Waals surface area (Å²) in [7, 11) is 1.51. The quantitative estimate of drug-likeness (QED) is 0.750. The molecule has 0 fully saturated rings. The van der Waals surface area contributed by atoms with E-state index in [0.29, 0.717) is 5.75 Å². The van der Waals surface area contributed by atoms with Crippen molar-refractivity contribution in [1.82, 2.24) is 4.98 Å². The molecule has 0 atom stereocenters. The van der Waals surface area contributed by atoms with Crippen LogP contribution < -0.4 is 9.47 Å². The van der Waals surface area contributed by atoms with Crippen LogP contribution in [0, 0.1) is 0 Å². The zero-order chi connectivity index (χ0) is 12.9. The van der Waals surface area contributed by atoms with Crippen molar-refractivity contribution in [1.29, 1.82) is 0 Å². The molecular weight excluding hydrogens is 222 g/mol. The molecule has 0 saturated heterocycles. The summed E-state index contributed by atoms with van der Waals surface area (Å²) in [4.78, 5) is 15.4. The molecule has 0 unspecified atom stereocenters. The molecule has 0 aromatic carbocycles. The molecule has 1 heterocycles. The van der Waals surface area contributed by atoms with Crippen LogP contribution in [0.25, 0.3) is 0 Å². The number of esters is 1. The molecule has 1 rings (SSSR count). The van der Waals surface area contributed by atoms with E-state index in [1.165, 1.54) is 7.11 Å². The van der Waals surface area contributed by atoms with E-state index in [-0.39, 0.29) is 12.5 Å². The minimum Gasteiger partial charge on any atom is -0.491 e. The average molecular weight is 239 g/mol. The van der Waals surface area contributed by atoms with E-state index in [0.717, 1.165) is 0 Å². The Bertz CT molecular complexity index is 384. The number of ether oxygens (including phenoxy) is 3. The van der Waals surface area contributed by atoms with Crippen molar-refractivity contribution in [2.75, 3.05) is 13.7 Å². The summed E-state index contributed by atoms with van der Waals surface area (Å²) in [6.45, 7) is 5.20. The van der Waals surface area contributed by atoms with Crippen LogP contribution in [0.3, 0.4) is 0 Å². The number of pyridine rings is 1. The molecule has 94 valence electrons. The van der Waals surface area contributed by atoms with E-state index >= 15 is 0 Å². The standard InChI is InChI=1S/C12H17NO4/c1-12(2,3)17-10(14)8-16-11-9(15-4)6-5-7-13-11/h5-7H,8H2,1-4H3. The molecule has 0 N–H and O–H groups in total. The summed E-state index contributed by atoms with van der Waals surface area (Å²) in [5.41, 5.74) is -0.519. The first kappa shape index (κ1) is 13.3. The number of carbonyl (C=O) groups is 1. The molecule has 17 heavy (non-hydrogen) atoms. The number of carbonyl (C=O) groups excluding carboxylic acids is 1. The van der Waals surface area contributed by atoms with Gasteiger partial charge in [0.15, 0.2) is 12.4 Å². The molecule has 1 aromatic rings. The molecule has 0 bridgehead atoms. The highest BCUT2D eigenvalue weighted by molar-refractivity contribution is 5.71. The van der Waals surface area contributed by atoms with E-state index in [2.05, 4.69) is 4.98 Å². The maximum absolute atomic E-state index is 11.4. The van der Waals surface area contributed by atoms with Gasteiger partial charge in [0.25, 0.3) is 5.88 Å². The van der Waals surface area contributed by atoms with E-state index in [1.807, 2.05) is 0 Å². The second kappa shape index (κ2) is 5.52. The molecule has 5 heteroatoms. The van der Waals surface area contributed by atoms with Gasteiger partial charge in [0.2, 0.25) is 0 Å². The fraction of sp³-hybridized carbons (Fsp3) is 0.500. The van der Waals surface area contributed by atoms with Gasteiger partial charge in [-0.25, -0.2) is 9.78 Å². The normalized spacial score (nSPS) is 10.8. The number of methoxy groups -OCH3 is 1. The van der Waals surface area contributed by atoms with Crippen LogP contribution in [0.2, 0.25) is 0 Å². The first-order valence-corrected chi connectivity index (χ1v) is 5.26. The van der Waals surface area contributed by atoms with Crippen LogP contribution >= 0.6 is 0 Å². The minimum absolute atomic E-state index is 0.190. The lowest BCUT2D eigenvalue weighted by molar-refractivity contribution is -0.157. The van der Waals surface area contributed by atoms with Crippen molar-refractivity contribution in [3.05, 3.63) is 18.3 Å². The molecule has 0 radical (unpaired) electrons. The predicted octanol–water partition coefficient (Wildman–Crippen LogP) is 1.81. The molecule has 1 aromatic heterocycles. The first-order chi connectivity index (χ1) is 7.92. The molecule has 0 amide bonds. The fourth-order valence-electron chi connectivity index (χ4n) is 1.14. The van der Waals surface area contributed by atoms with Gasteiger partial charge in [-0.1, -0.05) is 0 Å². The molecule has 0 saturated carbocycles. The largest absolute Gasteiger partial charge is 0.491 e. The lowest BCUT2D eigenvalue weighted by Gasteiger charge is -2.19. The highest BCUT2D eigenvalue weighted by Gasteiger charge is 2.17. The molecule has 0 aliphatic heterocycles. The second-order valence-electron chi connectivity index (χ2n) is 4.39. The number of nitrogens with zero attached hydrogens (tertiary/aromatic N) is 1. The number of hydrogen-bond acceptors (Lipinski definition) is 5. The summed E-state index contributed by atoms with van der Waals surface area (Å²) in [5, 5.41) is 0. The topological polar surface area (TPSA) is 57.7 Å². The van der Waals surface area contributed by atoms with Crippen LogP contribution in [-0.4, -0.2) is 30.3 Å². The predicted molar refractivity (Wildman–Crippen MR) is 62.1 cm³/mol. The van der Waals surface area contributed by atoms with Gasteiger partial charge in [-0.2, -0.15) is 0 Å². The van der Waals surface area contributed by atoms with Gasteiger partial charge in [-0.3, -0.25) is 0 Å². The zero-order valence-electron chi connectivity index (χ0n) is 10.5. The summed E-state index contributed by atoms with van der Waals surface area (Å²) in [5.74, 6) is 0.321. The summed E-state index contributed by atoms with van der Waals surface area (Å²) in [6.07, 6.45) is 1.56. The Labute approximate surface area is 101 Å². The van der Waals surface area contributed by atoms with Gasteiger partial charge in [0.1, 0.15) is 5.60 Å². The Balaban J connectivity index is 2.53. The first-order valence-electron chi connectivity index (χ1n) is 5.26. The molecule has 5 nitrogen and oxygen atoms in total. The van der Waals surface area contributed by atoms with E-state index in [9.17, 15) is 4.79 Å². The van der Waals surface area contributed by atoms with Crippen molar-refractivity contribution in [2.24, 2.45) is 0 Å². The van der Waals surface area contributed by atoms with Crippen LogP contribution in [0.1, 0.15) is 20.8 Å².